The highest BCUT2D eigenvalue weighted by molar-refractivity contribution is 5.97. The molecule has 0 bridgehead atoms. The third-order valence-corrected chi connectivity index (χ3v) is 5.01. The Morgan fingerprint density at radius 1 is 1.17 bits per heavy atom. The second-order valence-electron chi connectivity index (χ2n) is 7.39. The van der Waals surface area contributed by atoms with Crippen molar-refractivity contribution in [2.75, 3.05) is 34.3 Å². The molecule has 0 unspecified atom stereocenters. The summed E-state index contributed by atoms with van der Waals surface area (Å²) in [7, 11) is 5.51. The molecule has 0 aliphatic carbocycles. The number of nitrogens with one attached hydrogen (secondary N) is 2. The Hall–Kier alpha value is -2.87. The van der Waals surface area contributed by atoms with E-state index in [9.17, 15) is 9.59 Å². The van der Waals surface area contributed by atoms with Crippen molar-refractivity contribution in [2.45, 2.75) is 32.4 Å². The molecule has 2 N–H and O–H groups in total. The summed E-state index contributed by atoms with van der Waals surface area (Å²) in [5.74, 6) is 0.536. The van der Waals surface area contributed by atoms with Crippen molar-refractivity contribution >= 4 is 11.8 Å². The van der Waals surface area contributed by atoms with Crippen LogP contribution in [0, 0.1) is 0 Å². The van der Waals surface area contributed by atoms with Crippen LogP contribution in [-0.4, -0.2) is 60.6 Å². The quantitative estimate of drug-likeness (QED) is 0.701. The summed E-state index contributed by atoms with van der Waals surface area (Å²) < 4.78 is 7.23. The van der Waals surface area contributed by atoms with Crippen LogP contribution in [0.25, 0.3) is 0 Å². The summed E-state index contributed by atoms with van der Waals surface area (Å²) in [4.78, 5) is 31.9. The van der Waals surface area contributed by atoms with Crippen molar-refractivity contribution in [3.8, 4) is 5.75 Å². The first kappa shape index (κ1) is 20.9. The maximum Gasteiger partial charge on any atom is 0.287 e. The van der Waals surface area contributed by atoms with Gasteiger partial charge in [0.15, 0.2) is 5.82 Å². The van der Waals surface area contributed by atoms with E-state index in [-0.39, 0.29) is 11.8 Å². The summed E-state index contributed by atoms with van der Waals surface area (Å²) in [5, 5.41) is 5.81. The third kappa shape index (κ3) is 4.95. The fourth-order valence-corrected chi connectivity index (χ4v) is 3.48. The molecule has 8 nitrogen and oxygen atoms in total. The van der Waals surface area contributed by atoms with Crippen molar-refractivity contribution in [1.82, 2.24) is 25.1 Å². The zero-order chi connectivity index (χ0) is 20.8. The molecule has 1 aromatic heterocycles. The zero-order valence-corrected chi connectivity index (χ0v) is 17.3. The van der Waals surface area contributed by atoms with Crippen molar-refractivity contribution in [2.24, 2.45) is 0 Å². The largest absolute Gasteiger partial charge is 0.496 e. The first-order valence-corrected chi connectivity index (χ1v) is 9.93. The Morgan fingerprint density at radius 2 is 1.97 bits per heavy atom. The zero-order valence-electron chi connectivity index (χ0n) is 17.3. The molecule has 1 aromatic carbocycles. The van der Waals surface area contributed by atoms with Gasteiger partial charge >= 0.3 is 0 Å². The fraction of sp³-hybridized carbons (Fsp3) is 0.476. The van der Waals surface area contributed by atoms with Crippen LogP contribution in [0.3, 0.4) is 0 Å². The molecule has 1 aliphatic rings. The van der Waals surface area contributed by atoms with Crippen LogP contribution in [0.2, 0.25) is 0 Å². The molecule has 2 aromatic rings. The van der Waals surface area contributed by atoms with E-state index in [1.54, 1.807) is 7.11 Å². The number of carbonyl (C=O) groups excluding carboxylic acids is 2. The number of imidazole rings is 1. The molecule has 0 radical (unpaired) electrons. The van der Waals surface area contributed by atoms with Crippen molar-refractivity contribution in [1.29, 1.82) is 0 Å². The standard InChI is InChI=1S/C21H29N5O3/c1-25(2)13-11-22-21(28)19-24-18(16-9-6-7-12-26(16)19)20(27)23-14-15-8-4-5-10-17(15)29-3/h4-5,8,10H,6-7,9,11-14H2,1-3H3,(H,22,28)(H,23,27). The number of hydrogen-bond donors (Lipinski definition) is 2. The van der Waals surface area contributed by atoms with Crippen molar-refractivity contribution in [3.63, 3.8) is 0 Å². The van der Waals surface area contributed by atoms with Gasteiger partial charge in [0.25, 0.3) is 11.8 Å². The monoisotopic (exact) mass is 399 g/mol. The number of methoxy groups -OCH3 is 1. The molecule has 8 heteroatoms. The summed E-state index contributed by atoms with van der Waals surface area (Å²) in [6.45, 7) is 2.31. The molecule has 0 atom stereocenters. The number of likely N-dealkylation sites (N-methyl/N-ethyl adjacent to an activating group) is 1. The van der Waals surface area contributed by atoms with Crippen LogP contribution < -0.4 is 15.4 Å². The van der Waals surface area contributed by atoms with Crippen molar-refractivity contribution < 1.29 is 14.3 Å². The minimum Gasteiger partial charge on any atom is -0.496 e. The number of benzene rings is 1. The van der Waals surface area contributed by atoms with Gasteiger partial charge < -0.3 is 24.8 Å². The second-order valence-corrected chi connectivity index (χ2v) is 7.39. The molecule has 1 aliphatic heterocycles. The fourth-order valence-electron chi connectivity index (χ4n) is 3.48. The Kier molecular flexibility index (Phi) is 6.87. The molecule has 2 amide bonds. The Morgan fingerprint density at radius 3 is 2.72 bits per heavy atom. The SMILES string of the molecule is COc1ccccc1CNC(=O)c1nc(C(=O)NCCN(C)C)n2c1CCCC2. The normalized spacial score (nSPS) is 13.1. The predicted molar refractivity (Wildman–Crippen MR) is 110 cm³/mol. The minimum absolute atomic E-state index is 0.237. The van der Waals surface area contributed by atoms with Crippen LogP contribution >= 0.6 is 0 Å². The average Bonchev–Trinajstić information content (AvgIpc) is 3.12. The average molecular weight is 399 g/mol. The van der Waals surface area contributed by atoms with Crippen LogP contribution in [0.1, 0.15) is 45.2 Å². The van der Waals surface area contributed by atoms with E-state index < -0.39 is 0 Å². The van der Waals surface area contributed by atoms with E-state index in [1.165, 1.54) is 0 Å². The Balaban J connectivity index is 1.75. The minimum atomic E-state index is -0.270. The van der Waals surface area contributed by atoms with Crippen LogP contribution in [0.15, 0.2) is 24.3 Å². The van der Waals surface area contributed by atoms with Gasteiger partial charge in [0.1, 0.15) is 11.4 Å². The van der Waals surface area contributed by atoms with Gasteiger partial charge in [-0.25, -0.2) is 4.98 Å². The highest BCUT2D eigenvalue weighted by Crippen LogP contribution is 2.22. The lowest BCUT2D eigenvalue weighted by Crippen LogP contribution is -2.33. The summed E-state index contributed by atoms with van der Waals surface area (Å²) >= 11 is 0. The second kappa shape index (κ2) is 9.56. The first-order valence-electron chi connectivity index (χ1n) is 9.93. The summed E-state index contributed by atoms with van der Waals surface area (Å²) in [6.07, 6.45) is 2.71. The van der Waals surface area contributed by atoms with Gasteiger partial charge in [-0.2, -0.15) is 0 Å². The van der Waals surface area contributed by atoms with Gasteiger partial charge in [-0.05, 0) is 39.4 Å². The predicted octanol–water partition coefficient (Wildman–Crippen LogP) is 1.45. The van der Waals surface area contributed by atoms with Crippen LogP contribution in [-0.2, 0) is 19.5 Å². The highest BCUT2D eigenvalue weighted by atomic mass is 16.5. The van der Waals surface area contributed by atoms with Gasteiger partial charge in [0.05, 0.1) is 12.8 Å². The topological polar surface area (TPSA) is 88.5 Å². The lowest BCUT2D eigenvalue weighted by atomic mass is 10.1. The number of amides is 2. The Labute approximate surface area is 171 Å². The molecular weight excluding hydrogens is 370 g/mol. The lowest BCUT2D eigenvalue weighted by molar-refractivity contribution is 0.0935. The van der Waals surface area contributed by atoms with Gasteiger partial charge in [-0.1, -0.05) is 18.2 Å². The van der Waals surface area contributed by atoms with Gasteiger partial charge in [-0.15, -0.1) is 0 Å². The number of carbonyl (C=O) groups is 2. The molecule has 0 saturated heterocycles. The molecule has 2 heterocycles. The maximum absolute atomic E-state index is 12.9. The van der Waals surface area contributed by atoms with Crippen molar-refractivity contribution in [3.05, 3.63) is 47.0 Å². The number of fused-ring (bicyclic) bond motifs is 1. The molecule has 0 fully saturated rings. The number of rotatable bonds is 8. The third-order valence-electron chi connectivity index (χ3n) is 5.01. The molecule has 3 rings (SSSR count). The number of para-hydroxylation sites is 1. The highest BCUT2D eigenvalue weighted by Gasteiger charge is 2.27. The first-order chi connectivity index (χ1) is 14.0. The Bertz CT molecular complexity index is 875. The van der Waals surface area contributed by atoms with E-state index >= 15 is 0 Å². The van der Waals surface area contributed by atoms with E-state index in [2.05, 4.69) is 15.6 Å². The maximum atomic E-state index is 12.9. The van der Waals surface area contributed by atoms with Crippen LogP contribution in [0.4, 0.5) is 0 Å². The number of nitrogens with zero attached hydrogens (tertiary/aromatic N) is 3. The van der Waals surface area contributed by atoms with E-state index in [1.807, 2.05) is 47.8 Å². The molecule has 156 valence electrons. The molecule has 0 saturated carbocycles. The van der Waals surface area contributed by atoms with Gasteiger partial charge in [-0.3, -0.25) is 9.59 Å². The van der Waals surface area contributed by atoms with E-state index in [0.717, 1.165) is 42.8 Å². The molecular formula is C21H29N5O3. The summed E-state index contributed by atoms with van der Waals surface area (Å²) in [6, 6.07) is 7.55. The van der Waals surface area contributed by atoms with E-state index in [4.69, 9.17) is 4.74 Å². The van der Waals surface area contributed by atoms with Crippen LogP contribution in [0.5, 0.6) is 5.75 Å². The number of aromatic nitrogens is 2. The van der Waals surface area contributed by atoms with E-state index in [0.29, 0.717) is 31.2 Å². The molecule has 0 spiro atoms. The van der Waals surface area contributed by atoms with Gasteiger partial charge in [0.2, 0.25) is 0 Å². The van der Waals surface area contributed by atoms with Gasteiger partial charge in [0, 0.05) is 31.7 Å². The lowest BCUT2D eigenvalue weighted by Gasteiger charge is -2.17. The number of hydrogen-bond acceptors (Lipinski definition) is 5. The number of ether oxygens (including phenoxy) is 1. The summed E-state index contributed by atoms with van der Waals surface area (Å²) in [5.41, 5.74) is 2.07. The smallest absolute Gasteiger partial charge is 0.287 e. The molecule has 29 heavy (non-hydrogen) atoms.